The quantitative estimate of drug-likeness (QED) is 0.333. The molecular weight excluding hydrogens is 280 g/mol. The number of para-hydroxylation sites is 1. The van der Waals surface area contributed by atoms with E-state index in [9.17, 15) is 9.59 Å². The average molecular weight is 306 g/mol. The van der Waals surface area contributed by atoms with Crippen LogP contribution in [0, 0.1) is 0 Å². The van der Waals surface area contributed by atoms with Crippen molar-refractivity contribution in [1.29, 1.82) is 0 Å². The number of rotatable bonds is 12. The Hall–Kier alpha value is -1.84. The number of ketones is 1. The Balaban J connectivity index is 1.89. The van der Waals surface area contributed by atoms with Crippen molar-refractivity contribution >= 4 is 11.8 Å². The highest BCUT2D eigenvalue weighted by Gasteiger charge is 2.13. The fraction of sp³-hybridized carbons (Fsp3) is 0.556. The summed E-state index contributed by atoms with van der Waals surface area (Å²) in [5.74, 6) is -0.182. The Kier molecular flexibility index (Phi) is 9.75. The maximum Gasteiger partial charge on any atom is 0.374 e. The lowest BCUT2D eigenvalue weighted by molar-refractivity contribution is -0.153. The fourth-order valence-corrected chi connectivity index (χ4v) is 2.12. The van der Waals surface area contributed by atoms with Crippen LogP contribution < -0.4 is 4.74 Å². The van der Waals surface area contributed by atoms with E-state index in [1.54, 1.807) is 6.92 Å². The highest BCUT2D eigenvalue weighted by Crippen LogP contribution is 2.11. The van der Waals surface area contributed by atoms with E-state index in [1.165, 1.54) is 0 Å². The molecule has 1 rings (SSSR count). The molecule has 0 aromatic heterocycles. The van der Waals surface area contributed by atoms with Crippen molar-refractivity contribution in [2.45, 2.75) is 51.9 Å². The predicted molar refractivity (Wildman–Crippen MR) is 85.9 cm³/mol. The molecule has 1 aromatic rings. The van der Waals surface area contributed by atoms with E-state index < -0.39 is 11.8 Å². The summed E-state index contributed by atoms with van der Waals surface area (Å²) in [6.07, 6.45) is 6.42. The standard InChI is InChI=1S/C18H26O4/c1-2-21-18(20)17(19)14-10-5-3-4-6-11-15-22-16-12-8-7-9-13-16/h7-9,12-13H,2-6,10-11,14-15H2,1H3. The summed E-state index contributed by atoms with van der Waals surface area (Å²) in [6, 6.07) is 9.82. The number of Topliss-reactive ketones (excluding diaryl/α,β-unsaturated/α-hetero) is 1. The second kappa shape index (κ2) is 11.8. The smallest absolute Gasteiger partial charge is 0.374 e. The molecule has 122 valence electrons. The summed E-state index contributed by atoms with van der Waals surface area (Å²) < 4.78 is 10.3. The summed E-state index contributed by atoms with van der Waals surface area (Å²) in [4.78, 5) is 22.5. The van der Waals surface area contributed by atoms with E-state index in [1.807, 2.05) is 30.3 Å². The van der Waals surface area contributed by atoms with Gasteiger partial charge < -0.3 is 9.47 Å². The van der Waals surface area contributed by atoms with Gasteiger partial charge in [0, 0.05) is 6.42 Å². The summed E-state index contributed by atoms with van der Waals surface area (Å²) in [5, 5.41) is 0. The van der Waals surface area contributed by atoms with Gasteiger partial charge in [0.05, 0.1) is 13.2 Å². The Bertz CT molecular complexity index is 428. The van der Waals surface area contributed by atoms with Gasteiger partial charge in [-0.05, 0) is 31.9 Å². The summed E-state index contributed by atoms with van der Waals surface area (Å²) in [5.41, 5.74) is 0. The summed E-state index contributed by atoms with van der Waals surface area (Å²) in [6.45, 7) is 2.70. The SMILES string of the molecule is CCOC(=O)C(=O)CCCCCCCCOc1ccccc1. The van der Waals surface area contributed by atoms with Gasteiger partial charge in [0.25, 0.3) is 0 Å². The molecule has 0 unspecified atom stereocenters. The van der Waals surface area contributed by atoms with Gasteiger partial charge in [0.1, 0.15) is 5.75 Å². The molecule has 0 bridgehead atoms. The maximum atomic E-state index is 11.4. The second-order valence-electron chi connectivity index (χ2n) is 5.18. The molecule has 0 N–H and O–H groups in total. The monoisotopic (exact) mass is 306 g/mol. The highest BCUT2D eigenvalue weighted by atomic mass is 16.5. The lowest BCUT2D eigenvalue weighted by atomic mass is 10.1. The minimum absolute atomic E-state index is 0.260. The van der Waals surface area contributed by atoms with Crippen molar-refractivity contribution in [3.63, 3.8) is 0 Å². The predicted octanol–water partition coefficient (Wildman–Crippen LogP) is 3.93. The Morgan fingerprint density at radius 3 is 2.23 bits per heavy atom. The van der Waals surface area contributed by atoms with Crippen LogP contribution in [-0.4, -0.2) is 25.0 Å². The van der Waals surface area contributed by atoms with E-state index in [-0.39, 0.29) is 6.61 Å². The summed E-state index contributed by atoms with van der Waals surface area (Å²) >= 11 is 0. The number of benzene rings is 1. The number of hydrogen-bond acceptors (Lipinski definition) is 4. The van der Waals surface area contributed by atoms with Crippen molar-refractivity contribution in [1.82, 2.24) is 0 Å². The molecule has 4 nitrogen and oxygen atoms in total. The number of esters is 1. The van der Waals surface area contributed by atoms with Crippen LogP contribution in [0.5, 0.6) is 5.75 Å². The Morgan fingerprint density at radius 1 is 0.909 bits per heavy atom. The van der Waals surface area contributed by atoms with Crippen LogP contribution in [0.1, 0.15) is 51.9 Å². The largest absolute Gasteiger partial charge is 0.494 e. The molecule has 0 saturated carbocycles. The van der Waals surface area contributed by atoms with Crippen LogP contribution in [0.15, 0.2) is 30.3 Å². The lowest BCUT2D eigenvalue weighted by Crippen LogP contribution is -2.16. The van der Waals surface area contributed by atoms with Crippen LogP contribution in [0.25, 0.3) is 0 Å². The molecule has 0 atom stereocenters. The molecule has 0 amide bonds. The molecule has 4 heteroatoms. The molecule has 0 radical (unpaired) electrons. The van der Waals surface area contributed by atoms with Gasteiger partial charge >= 0.3 is 5.97 Å². The zero-order valence-electron chi connectivity index (χ0n) is 13.4. The van der Waals surface area contributed by atoms with E-state index in [2.05, 4.69) is 4.74 Å². The van der Waals surface area contributed by atoms with Crippen LogP contribution in [-0.2, 0) is 14.3 Å². The number of hydrogen-bond donors (Lipinski definition) is 0. The van der Waals surface area contributed by atoms with Crippen LogP contribution in [0.4, 0.5) is 0 Å². The van der Waals surface area contributed by atoms with Crippen LogP contribution in [0.2, 0.25) is 0 Å². The third-order valence-electron chi connectivity index (χ3n) is 3.31. The lowest BCUT2D eigenvalue weighted by Gasteiger charge is -2.05. The minimum atomic E-state index is -0.694. The van der Waals surface area contributed by atoms with Crippen LogP contribution >= 0.6 is 0 Å². The second-order valence-corrected chi connectivity index (χ2v) is 5.18. The topological polar surface area (TPSA) is 52.6 Å². The van der Waals surface area contributed by atoms with Gasteiger partial charge in [-0.1, -0.05) is 43.9 Å². The zero-order chi connectivity index (χ0) is 16.0. The minimum Gasteiger partial charge on any atom is -0.494 e. The van der Waals surface area contributed by atoms with Gasteiger partial charge in [-0.25, -0.2) is 4.79 Å². The number of unbranched alkanes of at least 4 members (excludes halogenated alkanes) is 5. The molecule has 0 aliphatic rings. The van der Waals surface area contributed by atoms with E-state index >= 15 is 0 Å². The van der Waals surface area contributed by atoms with Gasteiger partial charge in [0.15, 0.2) is 0 Å². The van der Waals surface area contributed by atoms with Crippen molar-refractivity contribution in [2.75, 3.05) is 13.2 Å². The van der Waals surface area contributed by atoms with Gasteiger partial charge in [0.2, 0.25) is 5.78 Å². The first-order valence-electron chi connectivity index (χ1n) is 8.12. The van der Waals surface area contributed by atoms with E-state index in [0.29, 0.717) is 6.42 Å². The zero-order valence-corrected chi connectivity index (χ0v) is 13.4. The first-order valence-corrected chi connectivity index (χ1v) is 8.12. The third-order valence-corrected chi connectivity index (χ3v) is 3.31. The van der Waals surface area contributed by atoms with Crippen molar-refractivity contribution in [3.8, 4) is 5.75 Å². The van der Waals surface area contributed by atoms with Gasteiger partial charge in [-0.2, -0.15) is 0 Å². The molecule has 1 aromatic carbocycles. The van der Waals surface area contributed by atoms with Crippen molar-refractivity contribution in [3.05, 3.63) is 30.3 Å². The molecule has 22 heavy (non-hydrogen) atoms. The molecule has 0 aliphatic heterocycles. The average Bonchev–Trinajstić information content (AvgIpc) is 2.54. The third kappa shape index (κ3) is 8.45. The van der Waals surface area contributed by atoms with E-state index in [0.717, 1.165) is 50.9 Å². The maximum absolute atomic E-state index is 11.4. The molecule has 0 spiro atoms. The summed E-state index contributed by atoms with van der Waals surface area (Å²) in [7, 11) is 0. The Labute approximate surface area is 132 Å². The first kappa shape index (κ1) is 18.2. The Morgan fingerprint density at radius 2 is 1.55 bits per heavy atom. The number of ether oxygens (including phenoxy) is 2. The molecule has 0 fully saturated rings. The first-order chi connectivity index (χ1) is 10.7. The number of carbonyl (C=O) groups is 2. The molecule has 0 saturated heterocycles. The molecule has 0 aliphatic carbocycles. The normalized spacial score (nSPS) is 10.2. The van der Waals surface area contributed by atoms with Gasteiger partial charge in [-0.3, -0.25) is 4.79 Å². The molecule has 0 heterocycles. The fourth-order valence-electron chi connectivity index (χ4n) is 2.12. The molecular formula is C18H26O4. The highest BCUT2D eigenvalue weighted by molar-refractivity contribution is 6.33. The van der Waals surface area contributed by atoms with E-state index in [4.69, 9.17) is 4.74 Å². The van der Waals surface area contributed by atoms with Crippen molar-refractivity contribution in [2.24, 2.45) is 0 Å². The van der Waals surface area contributed by atoms with Crippen LogP contribution in [0.3, 0.4) is 0 Å². The number of carbonyl (C=O) groups excluding carboxylic acids is 2. The van der Waals surface area contributed by atoms with Crippen molar-refractivity contribution < 1.29 is 19.1 Å². The van der Waals surface area contributed by atoms with Gasteiger partial charge in [-0.15, -0.1) is 0 Å².